The fourth-order valence-corrected chi connectivity index (χ4v) is 2.87. The van der Waals surface area contributed by atoms with Crippen molar-refractivity contribution in [3.63, 3.8) is 0 Å². The van der Waals surface area contributed by atoms with Crippen LogP contribution in [0.4, 0.5) is 0 Å². The van der Waals surface area contributed by atoms with Gasteiger partial charge in [0.15, 0.2) is 0 Å². The highest BCUT2D eigenvalue weighted by Crippen LogP contribution is 2.31. The molecule has 1 amide bonds. The van der Waals surface area contributed by atoms with Crippen LogP contribution in [0.1, 0.15) is 27.5 Å². The van der Waals surface area contributed by atoms with Crippen molar-refractivity contribution in [2.24, 2.45) is 16.0 Å². The second kappa shape index (κ2) is 5.37. The van der Waals surface area contributed by atoms with Crippen molar-refractivity contribution in [3.05, 3.63) is 59.4 Å². The first-order chi connectivity index (χ1) is 11.7. The van der Waals surface area contributed by atoms with Crippen LogP contribution >= 0.6 is 0 Å². The van der Waals surface area contributed by atoms with Gasteiger partial charge in [-0.3, -0.25) is 9.20 Å². The Morgan fingerprint density at radius 1 is 1.29 bits per heavy atom. The topological polar surface area (TPSA) is 109 Å². The molecule has 0 bridgehead atoms. The largest absolute Gasteiger partial charge is 0.328 e. The first-order valence-electron chi connectivity index (χ1n) is 7.38. The summed E-state index contributed by atoms with van der Waals surface area (Å²) in [5.74, 6) is -0.355. The third-order valence-electron chi connectivity index (χ3n) is 4.08. The highest BCUT2D eigenvalue weighted by Gasteiger charge is 2.23. The zero-order valence-electron chi connectivity index (χ0n) is 12.5. The Bertz CT molecular complexity index is 1040. The Labute approximate surface area is 137 Å². The van der Waals surface area contributed by atoms with Crippen LogP contribution in [0.15, 0.2) is 53.0 Å². The summed E-state index contributed by atoms with van der Waals surface area (Å²) in [6.45, 7) is 0.277. The van der Waals surface area contributed by atoms with Gasteiger partial charge in [-0.15, -0.1) is 5.11 Å². The molecule has 1 atom stereocenters. The van der Waals surface area contributed by atoms with Gasteiger partial charge in [-0.2, -0.15) is 10.4 Å². The Kier molecular flexibility index (Phi) is 3.18. The number of aromatic nitrogens is 2. The van der Waals surface area contributed by atoms with Crippen LogP contribution in [-0.4, -0.2) is 21.8 Å². The third kappa shape index (κ3) is 2.09. The number of nitrogens with zero attached hydrogens (tertiary/aromatic N) is 5. The molecule has 7 heteroatoms. The number of nitrogens with two attached hydrogens (primary N) is 1. The summed E-state index contributed by atoms with van der Waals surface area (Å²) in [5, 5.41) is 16.7. The Balaban J connectivity index is 1.90. The number of azo groups is 1. The Hall–Kier alpha value is -3.37. The summed E-state index contributed by atoms with van der Waals surface area (Å²) in [6, 6.07) is 10.8. The molecule has 2 N–H and O–H groups in total. The number of carbonyl (C=O) groups is 1. The number of nitriles is 1. The van der Waals surface area contributed by atoms with Gasteiger partial charge in [0.1, 0.15) is 17.8 Å². The molecule has 1 aliphatic rings. The minimum absolute atomic E-state index is 0.277. The van der Waals surface area contributed by atoms with Crippen molar-refractivity contribution < 1.29 is 4.79 Å². The number of hydrogen-bond acceptors (Lipinski definition) is 5. The molecular formula is C17H12N6O. The van der Waals surface area contributed by atoms with E-state index in [4.69, 9.17) is 11.0 Å². The molecule has 3 heterocycles. The third-order valence-corrected chi connectivity index (χ3v) is 4.08. The lowest BCUT2D eigenvalue weighted by Crippen LogP contribution is -2.17. The van der Waals surface area contributed by atoms with Crippen molar-refractivity contribution in [2.75, 3.05) is 6.54 Å². The predicted octanol–water partition coefficient (Wildman–Crippen LogP) is 2.48. The summed E-state index contributed by atoms with van der Waals surface area (Å²) in [6.07, 6.45) is 3.48. The van der Waals surface area contributed by atoms with Gasteiger partial charge in [-0.25, -0.2) is 4.98 Å². The lowest BCUT2D eigenvalue weighted by molar-refractivity contribution is 0.0985. The summed E-state index contributed by atoms with van der Waals surface area (Å²) in [7, 11) is 0. The first-order valence-corrected chi connectivity index (χ1v) is 7.38. The number of fused-ring (bicyclic) bond motifs is 2. The highest BCUT2D eigenvalue weighted by molar-refractivity contribution is 5.97. The van der Waals surface area contributed by atoms with E-state index in [-0.39, 0.29) is 18.5 Å². The van der Waals surface area contributed by atoms with Crippen LogP contribution in [0.25, 0.3) is 16.9 Å². The molecule has 0 aliphatic carbocycles. The van der Waals surface area contributed by atoms with Crippen molar-refractivity contribution in [1.82, 2.24) is 9.38 Å². The van der Waals surface area contributed by atoms with Gasteiger partial charge in [0, 0.05) is 23.9 Å². The van der Waals surface area contributed by atoms with Crippen molar-refractivity contribution in [3.8, 4) is 17.3 Å². The van der Waals surface area contributed by atoms with Gasteiger partial charge < -0.3 is 5.73 Å². The predicted molar refractivity (Wildman–Crippen MR) is 86.3 cm³/mol. The van der Waals surface area contributed by atoms with Gasteiger partial charge in [0.2, 0.25) is 0 Å². The summed E-state index contributed by atoms with van der Waals surface area (Å²) < 4.78 is 1.85. The number of pyridine rings is 1. The van der Waals surface area contributed by atoms with E-state index in [0.717, 1.165) is 22.5 Å². The van der Waals surface area contributed by atoms with Crippen LogP contribution in [-0.2, 0) is 0 Å². The molecule has 116 valence electrons. The lowest BCUT2D eigenvalue weighted by Gasteiger charge is -2.17. The molecular weight excluding hydrogens is 304 g/mol. The summed E-state index contributed by atoms with van der Waals surface area (Å²) >= 11 is 0. The van der Waals surface area contributed by atoms with E-state index in [0.29, 0.717) is 11.1 Å². The first kappa shape index (κ1) is 14.2. The molecule has 2 aromatic heterocycles. The second-order valence-electron chi connectivity index (χ2n) is 5.48. The zero-order valence-corrected chi connectivity index (χ0v) is 12.5. The van der Waals surface area contributed by atoms with Gasteiger partial charge in [0.25, 0.3) is 5.91 Å². The minimum Gasteiger partial charge on any atom is -0.328 e. The van der Waals surface area contributed by atoms with Crippen LogP contribution in [0, 0.1) is 11.3 Å². The maximum atomic E-state index is 11.9. The molecule has 0 saturated heterocycles. The molecule has 1 aliphatic heterocycles. The molecule has 7 nitrogen and oxygen atoms in total. The number of imidazole rings is 1. The monoisotopic (exact) mass is 316 g/mol. The van der Waals surface area contributed by atoms with Gasteiger partial charge in [0.05, 0.1) is 17.5 Å². The normalized spacial score (nSPS) is 16.2. The fraction of sp³-hybridized carbons (Fsp3) is 0.118. The molecule has 0 saturated carbocycles. The van der Waals surface area contributed by atoms with E-state index < -0.39 is 0 Å². The molecule has 4 rings (SSSR count). The standard InChI is InChI=1S/C17H12N6O/c18-6-10-1-4-16-20-8-15(23(16)9-10)11-2-3-12-13(5-11)14(7-19)21-22-17(12)24/h1-5,8-9,14H,7,19H2. The summed E-state index contributed by atoms with van der Waals surface area (Å²) in [5.41, 5.74) is 10.0. The summed E-state index contributed by atoms with van der Waals surface area (Å²) in [4.78, 5) is 16.2. The van der Waals surface area contributed by atoms with E-state index >= 15 is 0 Å². The average molecular weight is 316 g/mol. The van der Waals surface area contributed by atoms with Crippen LogP contribution in [0.2, 0.25) is 0 Å². The zero-order chi connectivity index (χ0) is 16.7. The minimum atomic E-state index is -0.355. The second-order valence-corrected chi connectivity index (χ2v) is 5.48. The van der Waals surface area contributed by atoms with Crippen LogP contribution in [0.3, 0.4) is 0 Å². The van der Waals surface area contributed by atoms with Gasteiger partial charge >= 0.3 is 0 Å². The van der Waals surface area contributed by atoms with E-state index in [1.54, 1.807) is 30.6 Å². The SMILES string of the molecule is N#Cc1ccc2ncc(-c3ccc4c(c3)C(CN)N=NC4=O)n2c1. The highest BCUT2D eigenvalue weighted by atomic mass is 16.1. The number of rotatable bonds is 2. The van der Waals surface area contributed by atoms with Crippen molar-refractivity contribution in [1.29, 1.82) is 5.26 Å². The van der Waals surface area contributed by atoms with E-state index in [1.807, 2.05) is 16.5 Å². The van der Waals surface area contributed by atoms with Crippen molar-refractivity contribution >= 4 is 11.6 Å². The molecule has 1 unspecified atom stereocenters. The number of hydrogen-bond donors (Lipinski definition) is 1. The molecule has 24 heavy (non-hydrogen) atoms. The van der Waals surface area contributed by atoms with Gasteiger partial charge in [-0.1, -0.05) is 6.07 Å². The van der Waals surface area contributed by atoms with E-state index in [9.17, 15) is 4.79 Å². The Morgan fingerprint density at radius 3 is 2.96 bits per heavy atom. The van der Waals surface area contributed by atoms with E-state index in [1.165, 1.54) is 0 Å². The molecule has 0 radical (unpaired) electrons. The van der Waals surface area contributed by atoms with Gasteiger partial charge in [-0.05, 0) is 29.8 Å². The maximum absolute atomic E-state index is 11.9. The molecule has 1 aromatic carbocycles. The molecule has 0 fully saturated rings. The average Bonchev–Trinajstić information content (AvgIpc) is 3.04. The number of carbonyl (C=O) groups excluding carboxylic acids is 1. The van der Waals surface area contributed by atoms with Crippen molar-refractivity contribution in [2.45, 2.75) is 6.04 Å². The van der Waals surface area contributed by atoms with Crippen LogP contribution < -0.4 is 5.73 Å². The number of amides is 1. The smallest absolute Gasteiger partial charge is 0.295 e. The molecule has 0 spiro atoms. The fourth-order valence-electron chi connectivity index (χ4n) is 2.87. The quantitative estimate of drug-likeness (QED) is 0.783. The lowest BCUT2D eigenvalue weighted by atomic mass is 9.95. The Morgan fingerprint density at radius 2 is 2.17 bits per heavy atom. The number of benzene rings is 1. The molecule has 3 aromatic rings. The van der Waals surface area contributed by atoms with E-state index in [2.05, 4.69) is 21.3 Å². The maximum Gasteiger partial charge on any atom is 0.295 e. The van der Waals surface area contributed by atoms with Crippen LogP contribution in [0.5, 0.6) is 0 Å².